The highest BCUT2D eigenvalue weighted by molar-refractivity contribution is 7.11. The molecular weight excluding hydrogens is 296 g/mol. The first-order valence-electron chi connectivity index (χ1n) is 7.55. The van der Waals surface area contributed by atoms with Crippen molar-refractivity contribution in [3.05, 3.63) is 34.5 Å². The Morgan fingerprint density at radius 1 is 1.41 bits per heavy atom. The zero-order chi connectivity index (χ0) is 16.7. The Bertz CT molecular complexity index is 522. The van der Waals surface area contributed by atoms with Crippen LogP contribution in [0.25, 0.3) is 0 Å². The molecule has 0 spiro atoms. The van der Waals surface area contributed by atoms with Gasteiger partial charge in [-0.3, -0.25) is 9.59 Å². The number of carbonyl (C=O) groups excluding carboxylic acids is 2. The average Bonchev–Trinajstić information content (AvgIpc) is 2.81. The van der Waals surface area contributed by atoms with E-state index in [9.17, 15) is 9.59 Å². The van der Waals surface area contributed by atoms with Gasteiger partial charge in [-0.15, -0.1) is 17.9 Å². The van der Waals surface area contributed by atoms with Crippen molar-refractivity contribution < 1.29 is 9.59 Å². The molecular formula is C17H26N2O2S. The van der Waals surface area contributed by atoms with Crippen LogP contribution in [-0.4, -0.2) is 29.3 Å². The third kappa shape index (κ3) is 6.02. The van der Waals surface area contributed by atoms with Crippen molar-refractivity contribution in [3.8, 4) is 0 Å². The van der Waals surface area contributed by atoms with Gasteiger partial charge >= 0.3 is 0 Å². The summed E-state index contributed by atoms with van der Waals surface area (Å²) in [5.74, 6) is 0.106. The molecule has 0 saturated heterocycles. The van der Waals surface area contributed by atoms with Crippen molar-refractivity contribution >= 4 is 23.2 Å². The predicted octanol–water partition coefficient (Wildman–Crippen LogP) is 3.12. The highest BCUT2D eigenvalue weighted by Crippen LogP contribution is 2.18. The third-order valence-corrected chi connectivity index (χ3v) is 4.17. The monoisotopic (exact) mass is 322 g/mol. The maximum absolute atomic E-state index is 12.8. The number of nitrogens with one attached hydrogen (secondary N) is 1. The van der Waals surface area contributed by atoms with Crippen LogP contribution in [0.2, 0.25) is 0 Å². The van der Waals surface area contributed by atoms with Gasteiger partial charge in [-0.25, -0.2) is 0 Å². The van der Waals surface area contributed by atoms with Gasteiger partial charge in [0, 0.05) is 23.2 Å². The van der Waals surface area contributed by atoms with Gasteiger partial charge in [0.1, 0.15) is 6.04 Å². The molecule has 1 rings (SSSR count). The Kier molecular flexibility index (Phi) is 7.32. The van der Waals surface area contributed by atoms with Gasteiger partial charge in [-0.05, 0) is 31.4 Å². The van der Waals surface area contributed by atoms with E-state index in [2.05, 4.69) is 18.0 Å². The molecule has 0 fully saturated rings. The number of hydrogen-bond donors (Lipinski definition) is 1. The lowest BCUT2D eigenvalue weighted by atomic mass is 10.0. The van der Waals surface area contributed by atoms with Crippen molar-refractivity contribution in [1.82, 2.24) is 10.2 Å². The molecule has 0 saturated carbocycles. The standard InChI is InChI=1S/C17H26N2O2S/c1-6-9-19(11-15-8-7-13(4)22-15)17(21)16(10-12(2)3)18-14(5)20/h6-8,12,16H,1,9-11H2,2-5H3,(H,18,20)/t16-/m0/s1. The molecule has 1 heterocycles. The maximum atomic E-state index is 12.8. The summed E-state index contributed by atoms with van der Waals surface area (Å²) >= 11 is 1.68. The van der Waals surface area contributed by atoms with Crippen LogP contribution < -0.4 is 5.32 Å². The average molecular weight is 322 g/mol. The van der Waals surface area contributed by atoms with Gasteiger partial charge in [0.25, 0.3) is 0 Å². The fourth-order valence-electron chi connectivity index (χ4n) is 2.31. The first-order chi connectivity index (χ1) is 10.3. The molecule has 0 aliphatic heterocycles. The van der Waals surface area contributed by atoms with E-state index in [1.165, 1.54) is 11.8 Å². The molecule has 0 aromatic carbocycles. The molecule has 2 amide bonds. The number of amides is 2. The molecule has 4 nitrogen and oxygen atoms in total. The maximum Gasteiger partial charge on any atom is 0.245 e. The highest BCUT2D eigenvalue weighted by Gasteiger charge is 2.25. The van der Waals surface area contributed by atoms with E-state index in [1.54, 1.807) is 22.3 Å². The van der Waals surface area contributed by atoms with Crippen molar-refractivity contribution in [2.45, 2.75) is 46.7 Å². The first kappa shape index (κ1) is 18.4. The van der Waals surface area contributed by atoms with E-state index >= 15 is 0 Å². The van der Waals surface area contributed by atoms with E-state index in [1.807, 2.05) is 26.8 Å². The number of aryl methyl sites for hydroxylation is 1. The smallest absolute Gasteiger partial charge is 0.245 e. The summed E-state index contributed by atoms with van der Waals surface area (Å²) in [5.41, 5.74) is 0. The predicted molar refractivity (Wildman–Crippen MR) is 91.7 cm³/mol. The van der Waals surface area contributed by atoms with Crippen LogP contribution in [-0.2, 0) is 16.1 Å². The fourth-order valence-corrected chi connectivity index (χ4v) is 3.21. The lowest BCUT2D eigenvalue weighted by molar-refractivity contribution is -0.136. The molecule has 122 valence electrons. The van der Waals surface area contributed by atoms with Crippen molar-refractivity contribution in [3.63, 3.8) is 0 Å². The number of thiophene rings is 1. The van der Waals surface area contributed by atoms with E-state index < -0.39 is 6.04 Å². The summed E-state index contributed by atoms with van der Waals surface area (Å²) < 4.78 is 0. The molecule has 0 bridgehead atoms. The third-order valence-electron chi connectivity index (χ3n) is 3.19. The van der Waals surface area contributed by atoms with Gasteiger partial charge in [-0.1, -0.05) is 19.9 Å². The summed E-state index contributed by atoms with van der Waals surface area (Å²) in [6.45, 7) is 12.3. The minimum absolute atomic E-state index is 0.0464. The summed E-state index contributed by atoms with van der Waals surface area (Å²) in [6.07, 6.45) is 2.36. The Morgan fingerprint density at radius 2 is 2.09 bits per heavy atom. The van der Waals surface area contributed by atoms with Gasteiger partial charge in [0.15, 0.2) is 0 Å². The lowest BCUT2D eigenvalue weighted by Gasteiger charge is -2.27. The van der Waals surface area contributed by atoms with E-state index in [-0.39, 0.29) is 11.8 Å². The van der Waals surface area contributed by atoms with Crippen LogP contribution in [0.3, 0.4) is 0 Å². The molecule has 1 N–H and O–H groups in total. The molecule has 0 radical (unpaired) electrons. The molecule has 1 atom stereocenters. The zero-order valence-corrected chi connectivity index (χ0v) is 14.7. The largest absolute Gasteiger partial charge is 0.345 e. The minimum atomic E-state index is -0.474. The summed E-state index contributed by atoms with van der Waals surface area (Å²) in [7, 11) is 0. The Morgan fingerprint density at radius 3 is 2.55 bits per heavy atom. The van der Waals surface area contributed by atoms with Crippen molar-refractivity contribution in [2.75, 3.05) is 6.54 Å². The second-order valence-corrected chi connectivity index (χ2v) is 7.27. The van der Waals surface area contributed by atoms with Crippen molar-refractivity contribution in [1.29, 1.82) is 0 Å². The van der Waals surface area contributed by atoms with Crippen LogP contribution in [0.5, 0.6) is 0 Å². The van der Waals surface area contributed by atoms with Crippen LogP contribution >= 0.6 is 11.3 Å². The SMILES string of the molecule is C=CCN(Cc1ccc(C)s1)C(=O)[C@H](CC(C)C)NC(C)=O. The minimum Gasteiger partial charge on any atom is -0.345 e. The fraction of sp³-hybridized carbons (Fsp3) is 0.529. The highest BCUT2D eigenvalue weighted by atomic mass is 32.1. The van der Waals surface area contributed by atoms with Crippen LogP contribution in [0.15, 0.2) is 24.8 Å². The molecule has 0 unspecified atom stereocenters. The van der Waals surface area contributed by atoms with Gasteiger partial charge < -0.3 is 10.2 Å². The first-order valence-corrected chi connectivity index (χ1v) is 8.37. The van der Waals surface area contributed by atoms with Crippen LogP contribution in [0, 0.1) is 12.8 Å². The second kappa shape index (κ2) is 8.73. The van der Waals surface area contributed by atoms with Gasteiger partial charge in [0.2, 0.25) is 11.8 Å². The second-order valence-electron chi connectivity index (χ2n) is 5.90. The van der Waals surface area contributed by atoms with E-state index in [0.717, 1.165) is 4.88 Å². The summed E-state index contributed by atoms with van der Waals surface area (Å²) in [5, 5.41) is 2.78. The Labute approximate surface area is 137 Å². The topological polar surface area (TPSA) is 49.4 Å². The molecule has 5 heteroatoms. The molecule has 0 aliphatic rings. The van der Waals surface area contributed by atoms with Gasteiger partial charge in [0.05, 0.1) is 6.54 Å². The molecule has 1 aromatic rings. The number of hydrogen-bond acceptors (Lipinski definition) is 3. The number of rotatable bonds is 8. The zero-order valence-electron chi connectivity index (χ0n) is 13.9. The lowest BCUT2D eigenvalue weighted by Crippen LogP contribution is -2.48. The van der Waals surface area contributed by atoms with E-state index in [0.29, 0.717) is 25.4 Å². The molecule has 22 heavy (non-hydrogen) atoms. The number of carbonyl (C=O) groups is 2. The Hall–Kier alpha value is -1.62. The van der Waals surface area contributed by atoms with Crippen molar-refractivity contribution in [2.24, 2.45) is 5.92 Å². The summed E-state index contributed by atoms with van der Waals surface area (Å²) in [4.78, 5) is 28.3. The molecule has 0 aliphatic carbocycles. The Balaban J connectivity index is 2.87. The number of nitrogens with zero attached hydrogens (tertiary/aromatic N) is 1. The van der Waals surface area contributed by atoms with Crippen LogP contribution in [0.4, 0.5) is 0 Å². The van der Waals surface area contributed by atoms with Gasteiger partial charge in [-0.2, -0.15) is 0 Å². The van der Waals surface area contributed by atoms with E-state index in [4.69, 9.17) is 0 Å². The summed E-state index contributed by atoms with van der Waals surface area (Å²) in [6, 6.07) is 3.62. The quantitative estimate of drug-likeness (QED) is 0.748. The van der Waals surface area contributed by atoms with Crippen LogP contribution in [0.1, 0.15) is 36.9 Å². The normalized spacial score (nSPS) is 12.0. The molecule has 1 aromatic heterocycles.